The van der Waals surface area contributed by atoms with Gasteiger partial charge >= 0.3 is 0 Å². The van der Waals surface area contributed by atoms with Gasteiger partial charge in [-0.1, -0.05) is 36.4 Å². The maximum absolute atomic E-state index is 11.0. The molecule has 0 aliphatic heterocycles. The van der Waals surface area contributed by atoms with E-state index in [0.29, 0.717) is 75.9 Å². The molecule has 0 radical (unpaired) electrons. The summed E-state index contributed by atoms with van der Waals surface area (Å²) in [4.78, 5) is 47.9. The number of anilines is 2. The molecule has 2 aromatic heterocycles. The Hall–Kier alpha value is -5.08. The van der Waals surface area contributed by atoms with Crippen LogP contribution in [0.4, 0.5) is 11.9 Å². The predicted octanol–water partition coefficient (Wildman–Crippen LogP) is 1.71. The van der Waals surface area contributed by atoms with Crippen LogP contribution < -0.4 is 31.9 Å². The molecule has 4 aromatic rings. The van der Waals surface area contributed by atoms with Gasteiger partial charge in [-0.05, 0) is 40.8 Å². The van der Waals surface area contributed by atoms with Gasteiger partial charge in [-0.15, -0.1) is 0 Å². The quantitative estimate of drug-likeness (QED) is 0.0951. The maximum atomic E-state index is 11.0. The van der Waals surface area contributed by atoms with Crippen LogP contribution in [-0.4, -0.2) is 67.9 Å². The number of aromatic nitrogens is 6. The monoisotopic (exact) mass is 612 g/mol. The fourth-order valence-electron chi connectivity index (χ4n) is 4.45. The van der Waals surface area contributed by atoms with Gasteiger partial charge in [0.05, 0.1) is 13.1 Å². The largest absolute Gasteiger partial charge is 0.355 e. The van der Waals surface area contributed by atoms with Crippen LogP contribution in [0.5, 0.6) is 0 Å². The first-order valence-corrected chi connectivity index (χ1v) is 14.8. The SMILES string of the molecule is CC(=O)NCCNCc1ncnc(NCc2cccc(-c3cccc(CNc4ncnc(CNCCNC(C)=O)n4)c3C)c2)n1. The summed E-state index contributed by atoms with van der Waals surface area (Å²) >= 11 is 0. The zero-order valence-electron chi connectivity index (χ0n) is 25.9. The molecule has 2 heterocycles. The molecule has 14 nitrogen and oxygen atoms in total. The molecule has 0 fully saturated rings. The minimum atomic E-state index is -0.0555. The third kappa shape index (κ3) is 11.2. The number of nitrogens with one attached hydrogen (secondary N) is 6. The van der Waals surface area contributed by atoms with Gasteiger partial charge in [0.25, 0.3) is 0 Å². The second-order valence-corrected chi connectivity index (χ2v) is 10.3. The molecule has 45 heavy (non-hydrogen) atoms. The standard InChI is InChI=1S/C31H40N12O2/c1-21-26(16-37-31-41-20-39-29(43-31)18-33-11-13-35-23(3)45)8-5-9-27(21)25-7-4-6-24(14-25)15-36-30-40-19-38-28(42-30)17-32-10-12-34-22(2)44/h4-9,14,19-20,32-33H,10-13,15-18H2,1-3H3,(H,34,44)(H,35,45)(H,36,38,40,42)(H,37,39,41,43). The molecule has 2 amide bonds. The predicted molar refractivity (Wildman–Crippen MR) is 172 cm³/mol. The van der Waals surface area contributed by atoms with Gasteiger partial charge < -0.3 is 31.9 Å². The summed E-state index contributed by atoms with van der Waals surface area (Å²) in [7, 11) is 0. The van der Waals surface area contributed by atoms with Gasteiger partial charge in [-0.2, -0.15) is 9.97 Å². The van der Waals surface area contributed by atoms with E-state index in [1.165, 1.54) is 26.5 Å². The fraction of sp³-hybridized carbons (Fsp3) is 0.355. The Balaban J connectivity index is 1.31. The highest BCUT2D eigenvalue weighted by Crippen LogP contribution is 2.27. The number of hydrogen-bond donors (Lipinski definition) is 6. The Kier molecular flexibility index (Phi) is 12.6. The highest BCUT2D eigenvalue weighted by Gasteiger charge is 2.09. The van der Waals surface area contributed by atoms with E-state index in [1.54, 1.807) is 0 Å². The van der Waals surface area contributed by atoms with Gasteiger partial charge in [0.1, 0.15) is 24.3 Å². The third-order valence-electron chi connectivity index (χ3n) is 6.73. The van der Waals surface area contributed by atoms with Crippen LogP contribution in [0.2, 0.25) is 0 Å². The molecule has 0 aliphatic rings. The van der Waals surface area contributed by atoms with Crippen LogP contribution in [0.3, 0.4) is 0 Å². The molecule has 0 saturated carbocycles. The molecule has 0 bridgehead atoms. The number of carbonyl (C=O) groups excluding carboxylic acids is 2. The second-order valence-electron chi connectivity index (χ2n) is 10.3. The molecule has 2 aromatic carbocycles. The van der Waals surface area contributed by atoms with Crippen molar-refractivity contribution in [2.75, 3.05) is 36.8 Å². The number of benzene rings is 2. The molecule has 0 atom stereocenters. The normalized spacial score (nSPS) is 10.7. The summed E-state index contributed by atoms with van der Waals surface area (Å²) in [5.74, 6) is 2.13. The zero-order valence-corrected chi connectivity index (χ0v) is 25.9. The van der Waals surface area contributed by atoms with Crippen molar-refractivity contribution in [2.24, 2.45) is 0 Å². The first-order chi connectivity index (χ1) is 21.9. The lowest BCUT2D eigenvalue weighted by atomic mass is 9.95. The molecule has 0 spiro atoms. The molecule has 4 rings (SSSR count). The summed E-state index contributed by atoms with van der Waals surface area (Å²) in [5, 5.41) is 18.5. The molecular formula is C31H40N12O2. The summed E-state index contributed by atoms with van der Waals surface area (Å²) in [6.45, 7) is 9.50. The Morgan fingerprint density at radius 3 is 1.84 bits per heavy atom. The molecule has 6 N–H and O–H groups in total. The summed E-state index contributed by atoms with van der Waals surface area (Å²) in [6.07, 6.45) is 2.98. The van der Waals surface area contributed by atoms with Crippen molar-refractivity contribution in [2.45, 2.75) is 47.0 Å². The van der Waals surface area contributed by atoms with E-state index >= 15 is 0 Å². The smallest absolute Gasteiger partial charge is 0.226 e. The van der Waals surface area contributed by atoms with Crippen LogP contribution in [0, 0.1) is 6.92 Å². The zero-order chi connectivity index (χ0) is 31.9. The summed E-state index contributed by atoms with van der Waals surface area (Å²) < 4.78 is 0. The van der Waals surface area contributed by atoms with Crippen molar-refractivity contribution in [1.82, 2.24) is 51.2 Å². The average molecular weight is 613 g/mol. The van der Waals surface area contributed by atoms with Crippen LogP contribution in [0.25, 0.3) is 11.1 Å². The van der Waals surface area contributed by atoms with Crippen molar-refractivity contribution < 1.29 is 9.59 Å². The van der Waals surface area contributed by atoms with Gasteiger partial charge in [0.2, 0.25) is 23.7 Å². The number of amides is 2. The molecule has 0 unspecified atom stereocenters. The number of rotatable bonds is 17. The first kappa shape index (κ1) is 32.8. The van der Waals surface area contributed by atoms with E-state index in [1.807, 2.05) is 6.07 Å². The van der Waals surface area contributed by atoms with Gasteiger partial charge in [-0.3, -0.25) is 9.59 Å². The third-order valence-corrected chi connectivity index (χ3v) is 6.73. The van der Waals surface area contributed by atoms with Crippen molar-refractivity contribution in [3.63, 3.8) is 0 Å². The van der Waals surface area contributed by atoms with Crippen LogP contribution in [0.15, 0.2) is 55.1 Å². The lowest BCUT2D eigenvalue weighted by Crippen LogP contribution is -2.30. The van der Waals surface area contributed by atoms with Gasteiger partial charge in [0.15, 0.2) is 0 Å². The van der Waals surface area contributed by atoms with Crippen molar-refractivity contribution in [3.05, 3.63) is 83.5 Å². The van der Waals surface area contributed by atoms with Crippen molar-refractivity contribution in [1.29, 1.82) is 0 Å². The molecule has 0 aliphatic carbocycles. The first-order valence-electron chi connectivity index (χ1n) is 14.8. The Labute approximate surface area is 262 Å². The summed E-state index contributed by atoms with van der Waals surface area (Å²) in [5.41, 5.74) is 5.64. The maximum Gasteiger partial charge on any atom is 0.226 e. The van der Waals surface area contributed by atoms with E-state index in [2.05, 4.69) is 105 Å². The van der Waals surface area contributed by atoms with Crippen LogP contribution in [-0.2, 0) is 35.8 Å². The van der Waals surface area contributed by atoms with E-state index < -0.39 is 0 Å². The Morgan fingerprint density at radius 1 is 0.667 bits per heavy atom. The van der Waals surface area contributed by atoms with Crippen molar-refractivity contribution in [3.8, 4) is 11.1 Å². The van der Waals surface area contributed by atoms with E-state index in [-0.39, 0.29) is 11.8 Å². The fourth-order valence-corrected chi connectivity index (χ4v) is 4.45. The van der Waals surface area contributed by atoms with E-state index in [0.717, 1.165) is 27.8 Å². The minimum absolute atomic E-state index is 0.0554. The lowest BCUT2D eigenvalue weighted by Gasteiger charge is -2.14. The topological polar surface area (TPSA) is 184 Å². The van der Waals surface area contributed by atoms with E-state index in [4.69, 9.17) is 0 Å². The molecule has 0 saturated heterocycles. The van der Waals surface area contributed by atoms with Crippen molar-refractivity contribution >= 4 is 23.7 Å². The van der Waals surface area contributed by atoms with Crippen LogP contribution >= 0.6 is 0 Å². The number of hydrogen-bond acceptors (Lipinski definition) is 12. The number of carbonyl (C=O) groups is 2. The van der Waals surface area contributed by atoms with Gasteiger partial charge in [-0.25, -0.2) is 19.9 Å². The molecule has 14 heteroatoms. The average Bonchev–Trinajstić information content (AvgIpc) is 3.03. The summed E-state index contributed by atoms with van der Waals surface area (Å²) in [6, 6.07) is 14.6. The molecule has 236 valence electrons. The lowest BCUT2D eigenvalue weighted by molar-refractivity contribution is -0.119. The van der Waals surface area contributed by atoms with Crippen LogP contribution in [0.1, 0.15) is 42.2 Å². The Bertz CT molecular complexity index is 1570. The highest BCUT2D eigenvalue weighted by atomic mass is 16.2. The Morgan fingerprint density at radius 2 is 1.24 bits per heavy atom. The molecular weight excluding hydrogens is 572 g/mol. The number of nitrogens with zero attached hydrogens (tertiary/aromatic N) is 6. The van der Waals surface area contributed by atoms with Gasteiger partial charge in [0, 0.05) is 53.1 Å². The second kappa shape index (κ2) is 17.3. The minimum Gasteiger partial charge on any atom is -0.355 e. The highest BCUT2D eigenvalue weighted by molar-refractivity contribution is 5.73. The van der Waals surface area contributed by atoms with E-state index in [9.17, 15) is 9.59 Å².